The van der Waals surface area contributed by atoms with Gasteiger partial charge in [0, 0.05) is 0 Å². The average molecular weight is 365 g/mol. The minimum absolute atomic E-state index is 0.131. The van der Waals surface area contributed by atoms with Crippen molar-refractivity contribution >= 4 is 29.1 Å². The summed E-state index contributed by atoms with van der Waals surface area (Å²) in [4.78, 5) is 24.8. The molecule has 0 radical (unpaired) electrons. The number of hydrogen-bond acceptors (Lipinski definition) is 4. The number of rotatable bonds is 7. The fourth-order valence-electron chi connectivity index (χ4n) is 2.26. The van der Waals surface area contributed by atoms with Gasteiger partial charge in [-0.15, -0.1) is 0 Å². The number of hydrogen-bond donors (Lipinski definition) is 2. The van der Waals surface area contributed by atoms with Crippen molar-refractivity contribution in [3.05, 3.63) is 47.4 Å². The molecule has 6 nitrogen and oxygen atoms in total. The lowest BCUT2D eigenvalue weighted by Crippen LogP contribution is -2.47. The van der Waals surface area contributed by atoms with E-state index in [2.05, 4.69) is 10.6 Å². The Hall–Kier alpha value is -2.47. The summed E-state index contributed by atoms with van der Waals surface area (Å²) in [7, 11) is 0. The first-order valence-electron chi connectivity index (χ1n) is 8.00. The maximum atomic E-state index is 12.7. The predicted molar refractivity (Wildman–Crippen MR) is 96.1 cm³/mol. The summed E-state index contributed by atoms with van der Waals surface area (Å²) in [6.07, 6.45) is 1.40. The van der Waals surface area contributed by atoms with Crippen LogP contribution in [0.1, 0.15) is 31.3 Å². The zero-order chi connectivity index (χ0) is 18.4. The average Bonchev–Trinajstić information content (AvgIpc) is 3.10. The molecule has 0 bridgehead atoms. The van der Waals surface area contributed by atoms with Crippen molar-refractivity contribution < 1.29 is 18.7 Å². The summed E-state index contributed by atoms with van der Waals surface area (Å²) < 4.78 is 10.6. The Morgan fingerprint density at radius 2 is 2.00 bits per heavy atom. The third kappa shape index (κ3) is 4.76. The van der Waals surface area contributed by atoms with Crippen LogP contribution in [0.4, 0.5) is 5.69 Å². The van der Waals surface area contributed by atoms with Gasteiger partial charge in [-0.1, -0.05) is 31.5 Å². The summed E-state index contributed by atoms with van der Waals surface area (Å²) >= 11 is 6.13. The highest BCUT2D eigenvalue weighted by Crippen LogP contribution is 2.33. The van der Waals surface area contributed by atoms with Crippen molar-refractivity contribution in [3.8, 4) is 5.75 Å². The van der Waals surface area contributed by atoms with Crippen LogP contribution >= 0.6 is 11.6 Å². The van der Waals surface area contributed by atoms with Gasteiger partial charge in [-0.05, 0) is 37.1 Å². The Morgan fingerprint density at radius 3 is 2.60 bits per heavy atom. The van der Waals surface area contributed by atoms with Gasteiger partial charge in [0.1, 0.15) is 6.04 Å². The smallest absolute Gasteiger partial charge is 0.287 e. The number of halogens is 1. The SMILES string of the molecule is CCOc1c(Cl)cccc1NC(=O)C(NC(=O)c1ccco1)C(C)C. The fraction of sp³-hybridized carbons (Fsp3) is 0.333. The van der Waals surface area contributed by atoms with E-state index in [0.717, 1.165) is 0 Å². The van der Waals surface area contributed by atoms with E-state index in [1.807, 2.05) is 20.8 Å². The molecule has 7 heteroatoms. The zero-order valence-electron chi connectivity index (χ0n) is 14.3. The van der Waals surface area contributed by atoms with Gasteiger partial charge < -0.3 is 19.8 Å². The third-order valence-corrected chi connectivity index (χ3v) is 3.79. The number of benzene rings is 1. The first kappa shape index (κ1) is 18.9. The number of amides is 2. The molecule has 134 valence electrons. The minimum atomic E-state index is -0.744. The second-order valence-corrected chi connectivity index (χ2v) is 6.12. The summed E-state index contributed by atoms with van der Waals surface area (Å²) in [6, 6.07) is 7.49. The number of para-hydroxylation sites is 1. The lowest BCUT2D eigenvalue weighted by atomic mass is 10.0. The summed E-state index contributed by atoms with van der Waals surface area (Å²) in [5, 5.41) is 5.86. The Morgan fingerprint density at radius 1 is 1.24 bits per heavy atom. The van der Waals surface area contributed by atoms with Crippen LogP contribution in [0.2, 0.25) is 5.02 Å². The van der Waals surface area contributed by atoms with E-state index >= 15 is 0 Å². The highest BCUT2D eigenvalue weighted by molar-refractivity contribution is 6.32. The molecule has 0 aliphatic rings. The van der Waals surface area contributed by atoms with Crippen LogP contribution in [0, 0.1) is 5.92 Å². The second kappa shape index (κ2) is 8.58. The number of carbonyl (C=O) groups excluding carboxylic acids is 2. The molecule has 1 unspecified atom stereocenters. The molecule has 1 atom stereocenters. The number of nitrogens with one attached hydrogen (secondary N) is 2. The Kier molecular flexibility index (Phi) is 6.47. The Labute approximate surface area is 151 Å². The third-order valence-electron chi connectivity index (χ3n) is 3.49. The lowest BCUT2D eigenvalue weighted by molar-refractivity contribution is -0.118. The summed E-state index contributed by atoms with van der Waals surface area (Å²) in [5.74, 6) is -0.391. The minimum Gasteiger partial charge on any atom is -0.490 e. The first-order chi connectivity index (χ1) is 11.9. The van der Waals surface area contributed by atoms with Crippen LogP contribution in [0.25, 0.3) is 0 Å². The van der Waals surface area contributed by atoms with E-state index < -0.39 is 11.9 Å². The largest absolute Gasteiger partial charge is 0.490 e. The summed E-state index contributed by atoms with van der Waals surface area (Å²) in [5.41, 5.74) is 0.456. The normalized spacial score (nSPS) is 11.9. The van der Waals surface area contributed by atoms with E-state index in [4.69, 9.17) is 20.8 Å². The van der Waals surface area contributed by atoms with Crippen LogP contribution in [0.5, 0.6) is 5.75 Å². The number of furan rings is 1. The molecule has 1 heterocycles. The zero-order valence-corrected chi connectivity index (χ0v) is 15.1. The van der Waals surface area contributed by atoms with E-state index in [-0.39, 0.29) is 17.6 Å². The fourth-order valence-corrected chi connectivity index (χ4v) is 2.49. The molecule has 0 spiro atoms. The maximum Gasteiger partial charge on any atom is 0.287 e. The molecule has 0 aliphatic heterocycles. The molecule has 1 aromatic carbocycles. The molecule has 1 aromatic heterocycles. The van der Waals surface area contributed by atoms with E-state index in [1.165, 1.54) is 12.3 Å². The highest BCUT2D eigenvalue weighted by atomic mass is 35.5. The van der Waals surface area contributed by atoms with Crippen LogP contribution in [-0.2, 0) is 4.79 Å². The molecular weight excluding hydrogens is 344 g/mol. The van der Waals surface area contributed by atoms with E-state index in [0.29, 0.717) is 23.1 Å². The van der Waals surface area contributed by atoms with E-state index in [1.54, 1.807) is 24.3 Å². The van der Waals surface area contributed by atoms with Gasteiger partial charge in [-0.3, -0.25) is 9.59 Å². The summed E-state index contributed by atoms with van der Waals surface area (Å²) in [6.45, 7) is 5.92. The highest BCUT2D eigenvalue weighted by Gasteiger charge is 2.26. The molecule has 0 fully saturated rings. The maximum absolute atomic E-state index is 12.7. The van der Waals surface area contributed by atoms with Crippen LogP contribution < -0.4 is 15.4 Å². The molecule has 0 saturated carbocycles. The van der Waals surface area contributed by atoms with Gasteiger partial charge in [0.2, 0.25) is 5.91 Å². The van der Waals surface area contributed by atoms with Crippen LogP contribution in [0.3, 0.4) is 0 Å². The standard InChI is InChI=1S/C18H21ClN2O4/c1-4-24-16-12(19)7-5-8-13(16)20-18(23)15(11(2)3)21-17(22)14-9-6-10-25-14/h5-11,15H,4H2,1-3H3,(H,20,23)(H,21,22). The first-order valence-corrected chi connectivity index (χ1v) is 8.38. The van der Waals surface area contributed by atoms with Gasteiger partial charge in [-0.25, -0.2) is 0 Å². The molecule has 0 saturated heterocycles. The Balaban J connectivity index is 2.16. The van der Waals surface area contributed by atoms with Crippen molar-refractivity contribution in [3.63, 3.8) is 0 Å². The number of carbonyl (C=O) groups is 2. The van der Waals surface area contributed by atoms with Crippen molar-refractivity contribution in [2.45, 2.75) is 26.8 Å². The molecule has 2 N–H and O–H groups in total. The van der Waals surface area contributed by atoms with E-state index in [9.17, 15) is 9.59 Å². The Bertz CT molecular complexity index is 729. The molecule has 2 aromatic rings. The molecule has 2 rings (SSSR count). The van der Waals surface area contributed by atoms with Crippen molar-refractivity contribution in [2.75, 3.05) is 11.9 Å². The second-order valence-electron chi connectivity index (χ2n) is 5.71. The van der Waals surface area contributed by atoms with Gasteiger partial charge >= 0.3 is 0 Å². The van der Waals surface area contributed by atoms with Crippen molar-refractivity contribution in [1.29, 1.82) is 0 Å². The van der Waals surface area contributed by atoms with Crippen LogP contribution in [-0.4, -0.2) is 24.5 Å². The lowest BCUT2D eigenvalue weighted by Gasteiger charge is -2.22. The monoisotopic (exact) mass is 364 g/mol. The molecular formula is C18H21ClN2O4. The molecule has 0 aliphatic carbocycles. The quantitative estimate of drug-likeness (QED) is 0.784. The predicted octanol–water partition coefficient (Wildman–Crippen LogP) is 3.72. The molecule has 25 heavy (non-hydrogen) atoms. The number of anilines is 1. The number of ether oxygens (including phenoxy) is 1. The van der Waals surface area contributed by atoms with Gasteiger partial charge in [0.25, 0.3) is 5.91 Å². The topological polar surface area (TPSA) is 80.6 Å². The van der Waals surface area contributed by atoms with Crippen LogP contribution in [0.15, 0.2) is 41.0 Å². The molecule has 2 amide bonds. The van der Waals surface area contributed by atoms with Crippen molar-refractivity contribution in [2.24, 2.45) is 5.92 Å². The van der Waals surface area contributed by atoms with Crippen molar-refractivity contribution in [1.82, 2.24) is 5.32 Å². The van der Waals surface area contributed by atoms with Gasteiger partial charge in [0.05, 0.1) is 23.6 Å². The van der Waals surface area contributed by atoms with Gasteiger partial charge in [0.15, 0.2) is 11.5 Å². The van der Waals surface area contributed by atoms with Gasteiger partial charge in [-0.2, -0.15) is 0 Å².